The van der Waals surface area contributed by atoms with Gasteiger partial charge in [0.2, 0.25) is 15.9 Å². The fourth-order valence-electron chi connectivity index (χ4n) is 1.89. The lowest BCUT2D eigenvalue weighted by Gasteiger charge is -2.15. The lowest BCUT2D eigenvalue weighted by molar-refractivity contribution is -0.141. The average molecular weight is 342 g/mol. The van der Waals surface area contributed by atoms with Crippen LogP contribution in [-0.2, 0) is 26.0 Å². The van der Waals surface area contributed by atoms with Crippen molar-refractivity contribution < 1.29 is 23.1 Å². The van der Waals surface area contributed by atoms with Crippen molar-refractivity contribution in [3.8, 4) is 0 Å². The van der Waals surface area contributed by atoms with E-state index in [-0.39, 0.29) is 12.3 Å². The first-order valence-corrected chi connectivity index (χ1v) is 8.82. The monoisotopic (exact) mass is 342 g/mol. The molecule has 0 radical (unpaired) electrons. The van der Waals surface area contributed by atoms with Gasteiger partial charge in [0.15, 0.2) is 0 Å². The number of likely N-dealkylation sites (N-methyl/N-ethyl adjacent to an activating group) is 1. The maximum atomic E-state index is 11.8. The Morgan fingerprint density at radius 1 is 1.26 bits per heavy atom. The fraction of sp³-hybridized carbons (Fsp3) is 0.467. The topological polar surface area (TPSA) is 104 Å². The Balaban J connectivity index is 2.61. The molecule has 2 N–H and O–H groups in total. The van der Waals surface area contributed by atoms with Crippen molar-refractivity contribution in [3.05, 3.63) is 29.8 Å². The number of carboxylic acids is 1. The molecule has 8 heteroatoms. The van der Waals surface area contributed by atoms with Crippen LogP contribution in [0.4, 0.5) is 5.69 Å². The third kappa shape index (κ3) is 5.99. The lowest BCUT2D eigenvalue weighted by atomic mass is 10.0. The van der Waals surface area contributed by atoms with Gasteiger partial charge in [-0.2, -0.15) is 4.31 Å². The second kappa shape index (κ2) is 8.07. The molecule has 1 atom stereocenters. The van der Waals surface area contributed by atoms with Crippen molar-refractivity contribution in [3.63, 3.8) is 0 Å². The summed E-state index contributed by atoms with van der Waals surface area (Å²) >= 11 is 0. The molecule has 7 nitrogen and oxygen atoms in total. The van der Waals surface area contributed by atoms with Crippen molar-refractivity contribution >= 4 is 27.6 Å². The zero-order chi connectivity index (χ0) is 17.6. The smallest absolute Gasteiger partial charge is 0.306 e. The van der Waals surface area contributed by atoms with Gasteiger partial charge >= 0.3 is 5.97 Å². The van der Waals surface area contributed by atoms with Gasteiger partial charge in [0.05, 0.1) is 18.2 Å². The van der Waals surface area contributed by atoms with E-state index in [1.807, 2.05) is 0 Å². The van der Waals surface area contributed by atoms with Crippen molar-refractivity contribution in [1.29, 1.82) is 0 Å². The van der Waals surface area contributed by atoms with E-state index in [1.165, 1.54) is 14.0 Å². The molecule has 23 heavy (non-hydrogen) atoms. The van der Waals surface area contributed by atoms with Crippen LogP contribution in [0.5, 0.6) is 0 Å². The summed E-state index contributed by atoms with van der Waals surface area (Å²) in [6.45, 7) is 2.89. The minimum absolute atomic E-state index is 0.0623. The molecule has 128 valence electrons. The number of amides is 1. The van der Waals surface area contributed by atoms with E-state index in [4.69, 9.17) is 5.11 Å². The number of rotatable bonds is 8. The van der Waals surface area contributed by atoms with E-state index >= 15 is 0 Å². The number of carbonyl (C=O) groups excluding carboxylic acids is 1. The summed E-state index contributed by atoms with van der Waals surface area (Å²) in [5, 5.41) is 11.5. The molecule has 0 saturated carbocycles. The van der Waals surface area contributed by atoms with Crippen LogP contribution in [0.2, 0.25) is 0 Å². The highest BCUT2D eigenvalue weighted by Gasteiger charge is 2.18. The molecule has 0 saturated heterocycles. The SMILES string of the molecule is CCS(=O)(=O)N(C)CC(=O)Nc1ccc(CC(C)C(=O)O)cc1. The fourth-order valence-corrected chi connectivity index (χ4v) is 2.64. The molecule has 0 spiro atoms. The second-order valence-corrected chi connectivity index (χ2v) is 7.71. The van der Waals surface area contributed by atoms with Crippen molar-refractivity contribution in [1.82, 2.24) is 4.31 Å². The van der Waals surface area contributed by atoms with Gasteiger partial charge in [-0.3, -0.25) is 9.59 Å². The van der Waals surface area contributed by atoms with Crippen molar-refractivity contribution in [2.45, 2.75) is 20.3 Å². The summed E-state index contributed by atoms with van der Waals surface area (Å²) in [6.07, 6.45) is 0.404. The maximum Gasteiger partial charge on any atom is 0.306 e. The first-order valence-electron chi connectivity index (χ1n) is 7.21. The summed E-state index contributed by atoms with van der Waals surface area (Å²) in [7, 11) is -2.04. The number of anilines is 1. The van der Waals surface area contributed by atoms with E-state index in [0.29, 0.717) is 12.1 Å². The first kappa shape index (κ1) is 19.1. The van der Waals surface area contributed by atoms with Crippen LogP contribution in [0.25, 0.3) is 0 Å². The molecule has 0 bridgehead atoms. The number of benzene rings is 1. The molecule has 1 aromatic carbocycles. The number of hydrogen-bond acceptors (Lipinski definition) is 4. The van der Waals surface area contributed by atoms with E-state index in [2.05, 4.69) is 5.32 Å². The zero-order valence-electron chi connectivity index (χ0n) is 13.4. The van der Waals surface area contributed by atoms with Crippen LogP contribution in [0.3, 0.4) is 0 Å². The van der Waals surface area contributed by atoms with Crippen LogP contribution < -0.4 is 5.32 Å². The summed E-state index contributed by atoms with van der Waals surface area (Å²) < 4.78 is 24.2. The Morgan fingerprint density at radius 3 is 2.30 bits per heavy atom. The van der Waals surface area contributed by atoms with E-state index in [0.717, 1.165) is 9.87 Å². The largest absolute Gasteiger partial charge is 0.481 e. The number of nitrogens with zero attached hydrogens (tertiary/aromatic N) is 1. The molecule has 0 fully saturated rings. The minimum Gasteiger partial charge on any atom is -0.481 e. The van der Waals surface area contributed by atoms with Crippen LogP contribution in [0.15, 0.2) is 24.3 Å². The van der Waals surface area contributed by atoms with Gasteiger partial charge < -0.3 is 10.4 Å². The number of carbonyl (C=O) groups is 2. The van der Waals surface area contributed by atoms with Crippen LogP contribution in [0, 0.1) is 5.92 Å². The molecule has 1 amide bonds. The number of hydrogen-bond donors (Lipinski definition) is 2. The van der Waals surface area contributed by atoms with Gasteiger partial charge in [-0.05, 0) is 31.0 Å². The van der Waals surface area contributed by atoms with Gasteiger partial charge in [-0.15, -0.1) is 0 Å². The highest BCUT2D eigenvalue weighted by atomic mass is 32.2. The first-order chi connectivity index (χ1) is 10.7. The molecular formula is C15H22N2O5S. The summed E-state index contributed by atoms with van der Waals surface area (Å²) in [5.41, 5.74) is 1.38. The Kier molecular flexibility index (Phi) is 6.71. The molecule has 0 aliphatic carbocycles. The molecule has 0 heterocycles. The van der Waals surface area contributed by atoms with Crippen LogP contribution in [-0.4, -0.2) is 49.1 Å². The Labute approximate surface area is 136 Å². The normalized spacial score (nSPS) is 12.9. The molecule has 0 aliphatic rings. The predicted octanol–water partition coefficient (Wildman–Crippen LogP) is 1.17. The quantitative estimate of drug-likeness (QED) is 0.738. The van der Waals surface area contributed by atoms with E-state index in [9.17, 15) is 18.0 Å². The average Bonchev–Trinajstić information content (AvgIpc) is 2.48. The number of carboxylic acid groups (broad SMARTS) is 1. The van der Waals surface area contributed by atoms with Gasteiger partial charge in [-0.1, -0.05) is 19.1 Å². The predicted molar refractivity (Wildman–Crippen MR) is 87.7 cm³/mol. The Bertz CT molecular complexity index is 655. The minimum atomic E-state index is -3.40. The third-order valence-electron chi connectivity index (χ3n) is 3.41. The molecule has 1 rings (SSSR count). The summed E-state index contributed by atoms with van der Waals surface area (Å²) in [6, 6.07) is 6.80. The van der Waals surface area contributed by atoms with Gasteiger partial charge in [0.1, 0.15) is 0 Å². The van der Waals surface area contributed by atoms with Crippen molar-refractivity contribution in [2.75, 3.05) is 24.7 Å². The summed E-state index contributed by atoms with van der Waals surface area (Å²) in [4.78, 5) is 22.7. The second-order valence-electron chi connectivity index (χ2n) is 5.35. The van der Waals surface area contributed by atoms with Crippen LogP contribution >= 0.6 is 0 Å². The van der Waals surface area contributed by atoms with E-state index in [1.54, 1.807) is 31.2 Å². The molecule has 1 aromatic rings. The van der Waals surface area contributed by atoms with Crippen LogP contribution in [0.1, 0.15) is 19.4 Å². The van der Waals surface area contributed by atoms with Crippen molar-refractivity contribution in [2.24, 2.45) is 5.92 Å². The highest BCUT2D eigenvalue weighted by Crippen LogP contribution is 2.13. The number of aliphatic carboxylic acids is 1. The highest BCUT2D eigenvalue weighted by molar-refractivity contribution is 7.89. The lowest BCUT2D eigenvalue weighted by Crippen LogP contribution is -2.35. The number of nitrogens with one attached hydrogen (secondary N) is 1. The number of sulfonamides is 1. The zero-order valence-corrected chi connectivity index (χ0v) is 14.3. The maximum absolute atomic E-state index is 11.8. The van der Waals surface area contributed by atoms with Gasteiger partial charge in [0, 0.05) is 12.7 Å². The molecule has 1 unspecified atom stereocenters. The Hall–Kier alpha value is -1.93. The Morgan fingerprint density at radius 2 is 1.83 bits per heavy atom. The standard InChI is InChI=1S/C15H22N2O5S/c1-4-23(21,22)17(3)10-14(18)16-13-7-5-12(6-8-13)9-11(2)15(19)20/h5-8,11H,4,9-10H2,1-3H3,(H,16,18)(H,19,20). The molecule has 0 aromatic heterocycles. The third-order valence-corrected chi connectivity index (χ3v) is 5.22. The van der Waals surface area contributed by atoms with E-state index < -0.39 is 27.8 Å². The summed E-state index contributed by atoms with van der Waals surface area (Å²) in [5.74, 6) is -1.84. The molecular weight excluding hydrogens is 320 g/mol. The van der Waals surface area contributed by atoms with Gasteiger partial charge in [0.25, 0.3) is 0 Å². The molecule has 0 aliphatic heterocycles. The van der Waals surface area contributed by atoms with Gasteiger partial charge in [-0.25, -0.2) is 8.42 Å².